The Kier molecular flexibility index (Phi) is 5.58. The van der Waals surface area contributed by atoms with Gasteiger partial charge in [0.25, 0.3) is 0 Å². The van der Waals surface area contributed by atoms with Crippen LogP contribution in [0.1, 0.15) is 18.9 Å². The zero-order chi connectivity index (χ0) is 12.8. The molecule has 0 radical (unpaired) electrons. The monoisotopic (exact) mass is 303 g/mol. The molecule has 0 aliphatic heterocycles. The average Bonchev–Trinajstić information content (AvgIpc) is 2.28. The molecule has 0 saturated carbocycles. The van der Waals surface area contributed by atoms with E-state index in [0.717, 1.165) is 12.1 Å². The fourth-order valence-corrected chi connectivity index (χ4v) is 1.75. The Labute approximate surface area is 108 Å². The molecule has 1 rings (SSSR count). The summed E-state index contributed by atoms with van der Waals surface area (Å²) in [5.74, 6) is -1.11. The van der Waals surface area contributed by atoms with Gasteiger partial charge in [-0.15, -0.1) is 0 Å². The lowest BCUT2D eigenvalue weighted by molar-refractivity contribution is -0.137. The second-order valence-electron chi connectivity index (χ2n) is 3.76. The topological polar surface area (TPSA) is 40.5 Å². The van der Waals surface area contributed by atoms with E-state index in [1.165, 1.54) is 6.07 Å². The first-order valence-electron chi connectivity index (χ1n) is 5.41. The molecule has 17 heavy (non-hydrogen) atoms. The van der Waals surface area contributed by atoms with Gasteiger partial charge in [-0.2, -0.15) is 0 Å². The molecule has 5 heteroatoms. The van der Waals surface area contributed by atoms with E-state index < -0.39 is 5.97 Å². The molecule has 3 nitrogen and oxygen atoms in total. The van der Waals surface area contributed by atoms with Gasteiger partial charge in [0.1, 0.15) is 5.82 Å². The molecule has 1 aromatic carbocycles. The molecule has 0 amide bonds. The van der Waals surface area contributed by atoms with E-state index in [0.29, 0.717) is 17.6 Å². The van der Waals surface area contributed by atoms with Crippen molar-refractivity contribution in [2.75, 3.05) is 13.1 Å². The third-order valence-electron chi connectivity index (χ3n) is 2.48. The molecule has 0 aliphatic carbocycles. The van der Waals surface area contributed by atoms with E-state index in [-0.39, 0.29) is 12.2 Å². The standard InChI is InChI=1S/C12H15BrFNO2/c1-2-15(6-5-12(16)17)8-9-3-4-10(13)11(14)7-9/h3-4,7H,2,5-6,8H2,1H3,(H,16,17). The fraction of sp³-hybridized carbons (Fsp3) is 0.417. The molecule has 0 unspecified atom stereocenters. The zero-order valence-corrected chi connectivity index (χ0v) is 11.2. The summed E-state index contributed by atoms with van der Waals surface area (Å²) in [4.78, 5) is 12.4. The van der Waals surface area contributed by atoms with Crippen LogP contribution in [0.2, 0.25) is 0 Å². The average molecular weight is 304 g/mol. The highest BCUT2D eigenvalue weighted by atomic mass is 79.9. The molecule has 94 valence electrons. The minimum Gasteiger partial charge on any atom is -0.481 e. The third-order valence-corrected chi connectivity index (χ3v) is 3.12. The van der Waals surface area contributed by atoms with Gasteiger partial charge in [0, 0.05) is 13.1 Å². The predicted molar refractivity (Wildman–Crippen MR) is 67.3 cm³/mol. The molecule has 0 saturated heterocycles. The Balaban J connectivity index is 2.60. The number of carboxylic acid groups (broad SMARTS) is 1. The van der Waals surface area contributed by atoms with E-state index in [1.54, 1.807) is 6.07 Å². The van der Waals surface area contributed by atoms with Crippen molar-refractivity contribution in [1.82, 2.24) is 4.90 Å². The largest absolute Gasteiger partial charge is 0.481 e. The second kappa shape index (κ2) is 6.71. The number of halogens is 2. The third kappa shape index (κ3) is 4.83. The molecular formula is C12H15BrFNO2. The van der Waals surface area contributed by atoms with Crippen LogP contribution in [-0.4, -0.2) is 29.1 Å². The molecule has 0 heterocycles. The van der Waals surface area contributed by atoms with E-state index in [1.807, 2.05) is 17.9 Å². The number of carbonyl (C=O) groups is 1. The summed E-state index contributed by atoms with van der Waals surface area (Å²) in [6.45, 7) is 3.74. The van der Waals surface area contributed by atoms with Gasteiger partial charge in [-0.25, -0.2) is 4.39 Å². The maximum absolute atomic E-state index is 13.3. The second-order valence-corrected chi connectivity index (χ2v) is 4.62. The maximum atomic E-state index is 13.3. The van der Waals surface area contributed by atoms with Gasteiger partial charge in [0.2, 0.25) is 0 Å². The summed E-state index contributed by atoms with van der Waals surface area (Å²) < 4.78 is 13.7. The Morgan fingerprint density at radius 2 is 2.24 bits per heavy atom. The van der Waals surface area contributed by atoms with Gasteiger partial charge < -0.3 is 5.11 Å². The van der Waals surface area contributed by atoms with Crippen molar-refractivity contribution in [1.29, 1.82) is 0 Å². The molecule has 1 N–H and O–H groups in total. The van der Waals surface area contributed by atoms with Gasteiger partial charge in [0.05, 0.1) is 10.9 Å². The summed E-state index contributed by atoms with van der Waals surface area (Å²) in [5, 5.41) is 8.61. The summed E-state index contributed by atoms with van der Waals surface area (Å²) >= 11 is 3.10. The van der Waals surface area contributed by atoms with Crippen LogP contribution in [0.15, 0.2) is 22.7 Å². The van der Waals surface area contributed by atoms with Crippen molar-refractivity contribution >= 4 is 21.9 Å². The van der Waals surface area contributed by atoms with Gasteiger partial charge in [0.15, 0.2) is 0 Å². The molecule has 0 bridgehead atoms. The Hall–Kier alpha value is -0.940. The highest BCUT2D eigenvalue weighted by Gasteiger charge is 2.08. The van der Waals surface area contributed by atoms with Crippen LogP contribution in [0.4, 0.5) is 4.39 Å². The lowest BCUT2D eigenvalue weighted by Crippen LogP contribution is -2.25. The summed E-state index contributed by atoms with van der Waals surface area (Å²) in [6.07, 6.45) is 0.104. The van der Waals surface area contributed by atoms with Crippen LogP contribution < -0.4 is 0 Å². The molecular weight excluding hydrogens is 289 g/mol. The minimum atomic E-state index is -0.814. The summed E-state index contributed by atoms with van der Waals surface area (Å²) in [7, 11) is 0. The first-order valence-corrected chi connectivity index (χ1v) is 6.20. The van der Waals surface area contributed by atoms with Crippen LogP contribution in [-0.2, 0) is 11.3 Å². The number of nitrogens with zero attached hydrogens (tertiary/aromatic N) is 1. The van der Waals surface area contributed by atoms with Crippen molar-refractivity contribution in [2.45, 2.75) is 19.9 Å². The predicted octanol–water partition coefficient (Wildman–Crippen LogP) is 2.88. The number of carboxylic acids is 1. The highest BCUT2D eigenvalue weighted by molar-refractivity contribution is 9.10. The van der Waals surface area contributed by atoms with Gasteiger partial charge in [-0.3, -0.25) is 9.69 Å². The van der Waals surface area contributed by atoms with Crippen LogP contribution in [0, 0.1) is 5.82 Å². The number of hydrogen-bond donors (Lipinski definition) is 1. The van der Waals surface area contributed by atoms with Crippen molar-refractivity contribution in [3.8, 4) is 0 Å². The number of rotatable bonds is 6. The van der Waals surface area contributed by atoms with Crippen molar-refractivity contribution in [3.05, 3.63) is 34.1 Å². The SMILES string of the molecule is CCN(CCC(=O)O)Cc1ccc(Br)c(F)c1. The van der Waals surface area contributed by atoms with Crippen LogP contribution in [0.25, 0.3) is 0 Å². The molecule has 0 aromatic heterocycles. The lowest BCUT2D eigenvalue weighted by atomic mass is 10.2. The molecule has 0 aliphatic rings. The molecule has 1 aromatic rings. The van der Waals surface area contributed by atoms with Crippen molar-refractivity contribution < 1.29 is 14.3 Å². The minimum absolute atomic E-state index is 0.104. The summed E-state index contributed by atoms with van der Waals surface area (Å²) in [6, 6.07) is 4.96. The van der Waals surface area contributed by atoms with E-state index >= 15 is 0 Å². The van der Waals surface area contributed by atoms with Crippen LogP contribution >= 0.6 is 15.9 Å². The van der Waals surface area contributed by atoms with Gasteiger partial charge in [-0.1, -0.05) is 13.0 Å². The van der Waals surface area contributed by atoms with Crippen molar-refractivity contribution in [3.63, 3.8) is 0 Å². The first-order chi connectivity index (χ1) is 8.02. The maximum Gasteiger partial charge on any atom is 0.304 e. The van der Waals surface area contributed by atoms with Crippen molar-refractivity contribution in [2.24, 2.45) is 0 Å². The number of benzene rings is 1. The van der Waals surface area contributed by atoms with Crippen LogP contribution in [0.5, 0.6) is 0 Å². The quantitative estimate of drug-likeness (QED) is 0.878. The van der Waals surface area contributed by atoms with Gasteiger partial charge >= 0.3 is 5.97 Å². The van der Waals surface area contributed by atoms with E-state index in [2.05, 4.69) is 15.9 Å². The highest BCUT2D eigenvalue weighted by Crippen LogP contribution is 2.17. The number of hydrogen-bond acceptors (Lipinski definition) is 2. The number of aliphatic carboxylic acids is 1. The normalized spacial score (nSPS) is 10.8. The smallest absolute Gasteiger partial charge is 0.304 e. The Morgan fingerprint density at radius 3 is 2.76 bits per heavy atom. The van der Waals surface area contributed by atoms with E-state index in [9.17, 15) is 9.18 Å². The van der Waals surface area contributed by atoms with Crippen LogP contribution in [0.3, 0.4) is 0 Å². The van der Waals surface area contributed by atoms with E-state index in [4.69, 9.17) is 5.11 Å². The molecule has 0 fully saturated rings. The summed E-state index contributed by atoms with van der Waals surface area (Å²) in [5.41, 5.74) is 0.845. The molecule has 0 spiro atoms. The molecule has 0 atom stereocenters. The fourth-order valence-electron chi connectivity index (χ4n) is 1.50. The Bertz CT molecular complexity index is 398. The zero-order valence-electron chi connectivity index (χ0n) is 9.62. The Morgan fingerprint density at radius 1 is 1.53 bits per heavy atom. The lowest BCUT2D eigenvalue weighted by Gasteiger charge is -2.19. The first kappa shape index (κ1) is 14.1. The van der Waals surface area contributed by atoms with Gasteiger partial charge in [-0.05, 0) is 40.2 Å².